The molecule has 3 rings (SSSR count). The number of nitrogens with zero attached hydrogens (tertiary/aromatic N) is 2. The normalized spacial score (nSPS) is 11.2. The number of carboxylic acid groups (broad SMARTS) is 2. The Balaban J connectivity index is 0.000000638. The number of aryl methyl sites for hydroxylation is 3. The van der Waals surface area contributed by atoms with Crippen LogP contribution in [0.15, 0.2) is 59.6 Å². The molecule has 38 heavy (non-hydrogen) atoms. The number of rotatable bonds is 7. The molecule has 13 heteroatoms. The van der Waals surface area contributed by atoms with E-state index in [9.17, 15) is 31.5 Å². The highest BCUT2D eigenvalue weighted by Gasteiger charge is 2.38. The van der Waals surface area contributed by atoms with Crippen LogP contribution in [0.25, 0.3) is 0 Å². The first-order valence-electron chi connectivity index (χ1n) is 10.9. The smallest absolute Gasteiger partial charge is 0.478 e. The predicted octanol–water partition coefficient (Wildman–Crippen LogP) is 4.78. The van der Waals surface area contributed by atoms with E-state index in [1.165, 1.54) is 12.3 Å². The first-order valence-corrected chi connectivity index (χ1v) is 12.4. The molecule has 0 bridgehead atoms. The van der Waals surface area contributed by atoms with E-state index < -0.39 is 28.1 Å². The number of hydrogen-bond donors (Lipinski definition) is 3. The summed E-state index contributed by atoms with van der Waals surface area (Å²) >= 11 is 0. The van der Waals surface area contributed by atoms with Crippen molar-refractivity contribution in [1.82, 2.24) is 4.98 Å². The molecule has 1 aromatic heterocycles. The number of halogens is 3. The molecule has 3 aromatic rings. The molecule has 0 saturated heterocycles. The Morgan fingerprint density at radius 2 is 1.53 bits per heavy atom. The van der Waals surface area contributed by atoms with E-state index in [2.05, 4.69) is 9.71 Å². The Labute approximate surface area is 217 Å². The number of benzene rings is 2. The van der Waals surface area contributed by atoms with Crippen molar-refractivity contribution in [2.24, 2.45) is 0 Å². The molecule has 1 heterocycles. The number of aromatic carboxylic acids is 1. The average Bonchev–Trinajstić information content (AvgIpc) is 2.81. The maximum atomic E-state index is 12.9. The van der Waals surface area contributed by atoms with Crippen LogP contribution in [0.5, 0.6) is 0 Å². The topological polar surface area (TPSA) is 137 Å². The van der Waals surface area contributed by atoms with Crippen molar-refractivity contribution < 1.29 is 41.4 Å². The SMILES string of the molecule is Cc1cc(C)c(S(=O)(=O)Nc2cnc(N(C)Cc3ccccc3)c(C(=O)O)c2)cc1C.O=C(O)C(F)(F)F. The lowest BCUT2D eigenvalue weighted by Gasteiger charge is -2.21. The molecule has 204 valence electrons. The van der Waals surface area contributed by atoms with Crippen LogP contribution >= 0.6 is 0 Å². The van der Waals surface area contributed by atoms with Crippen LogP contribution < -0.4 is 9.62 Å². The first kappa shape index (κ1) is 30.1. The summed E-state index contributed by atoms with van der Waals surface area (Å²) in [6, 6.07) is 14.3. The summed E-state index contributed by atoms with van der Waals surface area (Å²) < 4.78 is 60.1. The van der Waals surface area contributed by atoms with E-state index in [-0.39, 0.29) is 22.0 Å². The summed E-state index contributed by atoms with van der Waals surface area (Å²) in [5.41, 5.74) is 3.46. The molecule has 0 atom stereocenters. The van der Waals surface area contributed by atoms with Crippen LogP contribution in [0.4, 0.5) is 24.7 Å². The summed E-state index contributed by atoms with van der Waals surface area (Å²) in [4.78, 5) is 26.9. The van der Waals surface area contributed by atoms with Gasteiger partial charge in [0.25, 0.3) is 10.0 Å². The van der Waals surface area contributed by atoms with Gasteiger partial charge in [-0.3, -0.25) is 4.72 Å². The van der Waals surface area contributed by atoms with Crippen molar-refractivity contribution >= 4 is 33.5 Å². The Bertz CT molecular complexity index is 1430. The Hall–Kier alpha value is -4.13. The monoisotopic (exact) mass is 553 g/mol. The zero-order valence-corrected chi connectivity index (χ0v) is 21.7. The van der Waals surface area contributed by atoms with Gasteiger partial charge in [-0.25, -0.2) is 23.0 Å². The van der Waals surface area contributed by atoms with Crippen LogP contribution in [-0.4, -0.2) is 48.8 Å². The fourth-order valence-electron chi connectivity index (χ4n) is 3.34. The minimum Gasteiger partial charge on any atom is -0.478 e. The second kappa shape index (κ2) is 11.9. The molecule has 0 aliphatic heterocycles. The van der Waals surface area contributed by atoms with Crippen molar-refractivity contribution in [1.29, 1.82) is 0 Å². The predicted molar refractivity (Wildman–Crippen MR) is 135 cm³/mol. The molecule has 0 amide bonds. The maximum Gasteiger partial charge on any atom is 0.490 e. The minimum atomic E-state index is -5.08. The quantitative estimate of drug-likeness (QED) is 0.380. The number of alkyl halides is 3. The van der Waals surface area contributed by atoms with E-state index in [1.54, 1.807) is 24.9 Å². The molecule has 0 fully saturated rings. The summed E-state index contributed by atoms with van der Waals surface area (Å²) in [6.07, 6.45) is -3.75. The molecular formula is C25H26F3N3O6S. The van der Waals surface area contributed by atoms with Crippen molar-refractivity contribution in [3.05, 3.63) is 82.5 Å². The Kier molecular flexibility index (Phi) is 9.46. The van der Waals surface area contributed by atoms with E-state index >= 15 is 0 Å². The third-order valence-electron chi connectivity index (χ3n) is 5.30. The third kappa shape index (κ3) is 7.93. The summed E-state index contributed by atoms with van der Waals surface area (Å²) in [6.45, 7) is 5.94. The number of anilines is 2. The highest BCUT2D eigenvalue weighted by Crippen LogP contribution is 2.26. The van der Waals surface area contributed by atoms with Crippen LogP contribution in [0, 0.1) is 20.8 Å². The minimum absolute atomic E-state index is 0.0876. The van der Waals surface area contributed by atoms with Gasteiger partial charge in [0.15, 0.2) is 0 Å². The highest BCUT2D eigenvalue weighted by atomic mass is 32.2. The number of aliphatic carboxylic acids is 1. The lowest BCUT2D eigenvalue weighted by Crippen LogP contribution is -2.21. The molecule has 0 saturated carbocycles. The number of carboxylic acids is 2. The second-order valence-corrected chi connectivity index (χ2v) is 10.0. The molecular weight excluding hydrogens is 527 g/mol. The zero-order valence-electron chi connectivity index (χ0n) is 20.9. The lowest BCUT2D eigenvalue weighted by atomic mass is 10.1. The molecule has 0 radical (unpaired) electrons. The van der Waals surface area contributed by atoms with E-state index in [0.29, 0.717) is 12.1 Å². The molecule has 3 N–H and O–H groups in total. The van der Waals surface area contributed by atoms with Gasteiger partial charge in [0.05, 0.1) is 16.8 Å². The second-order valence-electron chi connectivity index (χ2n) is 8.35. The van der Waals surface area contributed by atoms with Crippen LogP contribution in [0.1, 0.15) is 32.6 Å². The van der Waals surface area contributed by atoms with Crippen LogP contribution in [0.3, 0.4) is 0 Å². The van der Waals surface area contributed by atoms with Crippen molar-refractivity contribution in [3.8, 4) is 0 Å². The molecule has 2 aromatic carbocycles. The fraction of sp³-hybridized carbons (Fsp3) is 0.240. The average molecular weight is 554 g/mol. The fourth-order valence-corrected chi connectivity index (χ4v) is 4.69. The van der Waals surface area contributed by atoms with E-state index in [0.717, 1.165) is 16.7 Å². The summed E-state index contributed by atoms with van der Waals surface area (Å²) in [7, 11) is -2.16. The van der Waals surface area contributed by atoms with E-state index in [1.807, 2.05) is 50.2 Å². The van der Waals surface area contributed by atoms with Gasteiger partial charge in [0.2, 0.25) is 0 Å². The van der Waals surface area contributed by atoms with Gasteiger partial charge >= 0.3 is 18.1 Å². The van der Waals surface area contributed by atoms with Crippen molar-refractivity contribution in [3.63, 3.8) is 0 Å². The Morgan fingerprint density at radius 3 is 2.05 bits per heavy atom. The number of aromatic nitrogens is 1. The standard InChI is InChI=1S/C23H25N3O4S.C2HF3O2/c1-15-10-17(3)21(11-16(15)2)31(29,30)25-19-12-20(23(27)28)22(24-13-19)26(4)14-18-8-6-5-7-9-18;3-2(4,5)1(6)7/h5-13,25H,14H2,1-4H3,(H,27,28);(H,6,7). The number of sulfonamides is 1. The Morgan fingerprint density at radius 1 is 0.974 bits per heavy atom. The molecule has 0 unspecified atom stereocenters. The van der Waals surface area contributed by atoms with Gasteiger partial charge in [0, 0.05) is 13.6 Å². The van der Waals surface area contributed by atoms with Gasteiger partial charge in [0.1, 0.15) is 11.4 Å². The van der Waals surface area contributed by atoms with E-state index in [4.69, 9.17) is 9.90 Å². The summed E-state index contributed by atoms with van der Waals surface area (Å²) in [5.74, 6) is -3.69. The number of hydrogen-bond acceptors (Lipinski definition) is 6. The van der Waals surface area contributed by atoms with Gasteiger partial charge in [-0.1, -0.05) is 36.4 Å². The highest BCUT2D eigenvalue weighted by molar-refractivity contribution is 7.92. The molecule has 0 aliphatic carbocycles. The third-order valence-corrected chi connectivity index (χ3v) is 6.82. The first-order chi connectivity index (χ1) is 17.5. The number of nitrogens with one attached hydrogen (secondary N) is 1. The van der Waals surface area contributed by atoms with Gasteiger partial charge < -0.3 is 15.1 Å². The lowest BCUT2D eigenvalue weighted by molar-refractivity contribution is -0.192. The van der Waals surface area contributed by atoms with Crippen LogP contribution in [0.2, 0.25) is 0 Å². The van der Waals surface area contributed by atoms with Gasteiger partial charge in [-0.2, -0.15) is 13.2 Å². The van der Waals surface area contributed by atoms with Gasteiger partial charge in [-0.15, -0.1) is 0 Å². The number of pyridine rings is 1. The van der Waals surface area contributed by atoms with Gasteiger partial charge in [-0.05, 0) is 55.2 Å². The van der Waals surface area contributed by atoms with Crippen LogP contribution in [-0.2, 0) is 21.4 Å². The molecule has 0 aliphatic rings. The number of carbonyl (C=O) groups is 2. The summed E-state index contributed by atoms with van der Waals surface area (Å²) in [5, 5.41) is 16.8. The van der Waals surface area contributed by atoms with Crippen molar-refractivity contribution in [2.45, 2.75) is 38.4 Å². The maximum absolute atomic E-state index is 12.9. The van der Waals surface area contributed by atoms with Crippen molar-refractivity contribution in [2.75, 3.05) is 16.7 Å². The largest absolute Gasteiger partial charge is 0.490 e. The molecule has 0 spiro atoms. The zero-order chi connectivity index (χ0) is 28.8. The molecule has 9 nitrogen and oxygen atoms in total.